The van der Waals surface area contributed by atoms with Gasteiger partial charge in [-0.3, -0.25) is 14.6 Å². The molecule has 0 aliphatic carbocycles. The van der Waals surface area contributed by atoms with E-state index in [0.29, 0.717) is 24.3 Å². The van der Waals surface area contributed by atoms with Crippen molar-refractivity contribution in [2.45, 2.75) is 19.4 Å². The number of carbonyl (C=O) groups excluding carboxylic acids is 1. The lowest BCUT2D eigenvalue weighted by atomic mass is 10.0. The molecule has 2 aromatic carbocycles. The van der Waals surface area contributed by atoms with Gasteiger partial charge in [0.25, 0.3) is 0 Å². The number of aromatic amines is 1. The van der Waals surface area contributed by atoms with Gasteiger partial charge in [-0.2, -0.15) is 15.5 Å². The molecule has 8 heteroatoms. The Balaban J connectivity index is 1.60. The van der Waals surface area contributed by atoms with Crippen LogP contribution < -0.4 is 10.1 Å². The van der Waals surface area contributed by atoms with Crippen molar-refractivity contribution < 1.29 is 9.53 Å². The summed E-state index contributed by atoms with van der Waals surface area (Å²) in [5.74, 6) is 0.888. The van der Waals surface area contributed by atoms with Crippen molar-refractivity contribution in [2.75, 3.05) is 6.54 Å². The molecule has 1 amide bonds. The highest BCUT2D eigenvalue weighted by atomic mass is 16.5. The average Bonchev–Trinajstić information content (AvgIpc) is 3.44. The Morgan fingerprint density at radius 3 is 2.93 bits per heavy atom. The Morgan fingerprint density at radius 1 is 1.30 bits per heavy atom. The van der Waals surface area contributed by atoms with E-state index in [0.717, 1.165) is 33.1 Å². The average molecular weight is 400 g/mol. The van der Waals surface area contributed by atoms with Gasteiger partial charge in [-0.15, -0.1) is 0 Å². The van der Waals surface area contributed by atoms with Gasteiger partial charge in [-0.05, 0) is 37.3 Å². The van der Waals surface area contributed by atoms with Crippen LogP contribution in [0.2, 0.25) is 0 Å². The van der Waals surface area contributed by atoms with Crippen molar-refractivity contribution in [3.05, 3.63) is 42.1 Å². The number of amides is 1. The van der Waals surface area contributed by atoms with Crippen LogP contribution in [-0.4, -0.2) is 38.5 Å². The van der Waals surface area contributed by atoms with Crippen molar-refractivity contribution in [1.82, 2.24) is 25.3 Å². The molecule has 0 radical (unpaired) electrons. The van der Waals surface area contributed by atoms with E-state index >= 15 is 0 Å². The molecule has 4 aromatic rings. The van der Waals surface area contributed by atoms with E-state index in [1.807, 2.05) is 44.4 Å². The molecule has 5 rings (SSSR count). The molecule has 8 nitrogen and oxygen atoms in total. The van der Waals surface area contributed by atoms with Gasteiger partial charge in [0.15, 0.2) is 0 Å². The second-order valence-electron chi connectivity index (χ2n) is 7.75. The summed E-state index contributed by atoms with van der Waals surface area (Å²) in [6.07, 6.45) is 2.26. The first-order valence-electron chi connectivity index (χ1n) is 9.81. The third-order valence-electron chi connectivity index (χ3n) is 5.65. The Bertz CT molecular complexity index is 1330. The van der Waals surface area contributed by atoms with Crippen LogP contribution >= 0.6 is 0 Å². The Kier molecular flexibility index (Phi) is 4.17. The fourth-order valence-corrected chi connectivity index (χ4v) is 4.00. The van der Waals surface area contributed by atoms with Crippen LogP contribution in [-0.2, 0) is 11.8 Å². The number of nitrogens with zero attached hydrogens (tertiary/aromatic N) is 4. The van der Waals surface area contributed by atoms with Gasteiger partial charge in [-0.1, -0.05) is 0 Å². The van der Waals surface area contributed by atoms with Crippen LogP contribution in [0.5, 0.6) is 5.75 Å². The van der Waals surface area contributed by atoms with E-state index in [2.05, 4.69) is 26.7 Å². The first-order chi connectivity index (χ1) is 14.5. The molecule has 0 spiro atoms. The van der Waals surface area contributed by atoms with Crippen LogP contribution in [0.4, 0.5) is 0 Å². The van der Waals surface area contributed by atoms with Gasteiger partial charge in [0, 0.05) is 43.1 Å². The number of benzene rings is 2. The minimum atomic E-state index is -0.135. The minimum Gasteiger partial charge on any atom is -0.490 e. The number of hydrogen-bond acceptors (Lipinski definition) is 5. The summed E-state index contributed by atoms with van der Waals surface area (Å²) >= 11 is 0. The van der Waals surface area contributed by atoms with Crippen molar-refractivity contribution in [3.8, 4) is 23.1 Å². The second-order valence-corrected chi connectivity index (χ2v) is 7.75. The standard InChI is InChI=1S/C22H20N6O2/c1-12(15-8-21(29)24-10-15)30-20-7-14(6-19-17(20)11-28(2)27-19)22-16-5-13(9-23)3-4-18(16)25-26-22/h3-7,11-12,15H,8,10H2,1-2H3,(H,24,29)(H,25,26)/t12-,15-/m1/s1. The molecular formula is C22H20N6O2. The molecule has 2 aromatic heterocycles. The number of ether oxygens (including phenoxy) is 1. The van der Waals surface area contributed by atoms with E-state index in [1.54, 1.807) is 10.7 Å². The molecule has 1 fully saturated rings. The minimum absolute atomic E-state index is 0.0621. The monoisotopic (exact) mass is 400 g/mol. The second kappa shape index (κ2) is 6.88. The lowest BCUT2D eigenvalue weighted by Gasteiger charge is -2.20. The highest BCUT2D eigenvalue weighted by Gasteiger charge is 2.28. The predicted octanol–water partition coefficient (Wildman–Crippen LogP) is 2.89. The predicted molar refractivity (Wildman–Crippen MR) is 112 cm³/mol. The number of rotatable bonds is 4. The van der Waals surface area contributed by atoms with E-state index < -0.39 is 0 Å². The lowest BCUT2D eigenvalue weighted by molar-refractivity contribution is -0.119. The van der Waals surface area contributed by atoms with Crippen molar-refractivity contribution >= 4 is 27.7 Å². The van der Waals surface area contributed by atoms with Gasteiger partial charge in [0.1, 0.15) is 17.5 Å². The molecule has 2 N–H and O–H groups in total. The summed E-state index contributed by atoms with van der Waals surface area (Å²) in [7, 11) is 1.87. The normalized spacial score (nSPS) is 17.2. The summed E-state index contributed by atoms with van der Waals surface area (Å²) < 4.78 is 8.09. The van der Waals surface area contributed by atoms with Gasteiger partial charge in [0.2, 0.25) is 5.91 Å². The fraction of sp³-hybridized carbons (Fsp3) is 0.273. The van der Waals surface area contributed by atoms with Crippen LogP contribution in [0.15, 0.2) is 36.5 Å². The molecule has 0 bridgehead atoms. The largest absolute Gasteiger partial charge is 0.490 e. The van der Waals surface area contributed by atoms with Crippen molar-refractivity contribution in [2.24, 2.45) is 13.0 Å². The number of nitrogens with one attached hydrogen (secondary N) is 2. The number of aryl methyl sites for hydroxylation is 1. The molecule has 1 saturated heterocycles. The summed E-state index contributed by atoms with van der Waals surface area (Å²) in [6, 6.07) is 11.6. The number of H-pyrrole nitrogens is 1. The number of carbonyl (C=O) groups is 1. The van der Waals surface area contributed by atoms with Gasteiger partial charge in [0.05, 0.1) is 28.1 Å². The maximum atomic E-state index is 11.6. The molecule has 30 heavy (non-hydrogen) atoms. The molecule has 0 unspecified atom stereocenters. The van der Waals surface area contributed by atoms with Gasteiger partial charge in [-0.25, -0.2) is 0 Å². The topological polar surface area (TPSA) is 109 Å². The molecule has 150 valence electrons. The number of nitriles is 1. The number of hydrogen-bond donors (Lipinski definition) is 2. The highest BCUT2D eigenvalue weighted by molar-refractivity contribution is 5.97. The molecular weight excluding hydrogens is 380 g/mol. The number of aromatic nitrogens is 4. The smallest absolute Gasteiger partial charge is 0.220 e. The van der Waals surface area contributed by atoms with E-state index in [4.69, 9.17) is 4.74 Å². The fourth-order valence-electron chi connectivity index (χ4n) is 4.00. The van der Waals surface area contributed by atoms with E-state index in [-0.39, 0.29) is 17.9 Å². The van der Waals surface area contributed by atoms with Crippen LogP contribution in [0.3, 0.4) is 0 Å². The third kappa shape index (κ3) is 3.05. The zero-order valence-corrected chi connectivity index (χ0v) is 16.6. The molecule has 0 saturated carbocycles. The molecule has 3 heterocycles. The highest BCUT2D eigenvalue weighted by Crippen LogP contribution is 2.35. The zero-order valence-electron chi connectivity index (χ0n) is 16.6. The Morgan fingerprint density at radius 2 is 2.17 bits per heavy atom. The maximum Gasteiger partial charge on any atom is 0.220 e. The number of fused-ring (bicyclic) bond motifs is 2. The summed E-state index contributed by atoms with van der Waals surface area (Å²) in [4.78, 5) is 11.6. The van der Waals surface area contributed by atoms with E-state index in [9.17, 15) is 10.1 Å². The summed E-state index contributed by atoms with van der Waals surface area (Å²) in [6.45, 7) is 2.61. The summed E-state index contributed by atoms with van der Waals surface area (Å²) in [5, 5.41) is 26.0. The first kappa shape index (κ1) is 18.2. The Hall–Kier alpha value is -3.86. The van der Waals surface area contributed by atoms with Crippen LogP contribution in [0, 0.1) is 17.2 Å². The van der Waals surface area contributed by atoms with E-state index in [1.165, 1.54) is 0 Å². The first-order valence-corrected chi connectivity index (χ1v) is 9.81. The Labute approximate surface area is 172 Å². The summed E-state index contributed by atoms with van der Waals surface area (Å²) in [5.41, 5.74) is 3.82. The van der Waals surface area contributed by atoms with Crippen molar-refractivity contribution in [3.63, 3.8) is 0 Å². The molecule has 1 aliphatic heterocycles. The molecule has 1 aliphatic rings. The third-order valence-corrected chi connectivity index (χ3v) is 5.65. The van der Waals surface area contributed by atoms with Gasteiger partial charge < -0.3 is 10.1 Å². The van der Waals surface area contributed by atoms with Gasteiger partial charge >= 0.3 is 0 Å². The lowest BCUT2D eigenvalue weighted by Crippen LogP contribution is -2.25. The van der Waals surface area contributed by atoms with Crippen molar-refractivity contribution in [1.29, 1.82) is 5.26 Å². The SMILES string of the molecule is C[C@@H](Oc1cc(-c2n[nH]c3ccc(C#N)cc23)cc2nn(C)cc12)[C@H]1CNC(=O)C1. The maximum absolute atomic E-state index is 11.6. The zero-order chi connectivity index (χ0) is 20.8. The quantitative estimate of drug-likeness (QED) is 0.548. The van der Waals surface area contributed by atoms with Crippen LogP contribution in [0.25, 0.3) is 33.1 Å². The van der Waals surface area contributed by atoms with Crippen LogP contribution in [0.1, 0.15) is 18.9 Å². The molecule has 2 atom stereocenters.